The molecule has 0 spiro atoms. The summed E-state index contributed by atoms with van der Waals surface area (Å²) in [6.45, 7) is 2.04. The molecule has 0 aliphatic carbocycles. The number of hydrogen-bond acceptors (Lipinski definition) is 2. The highest BCUT2D eigenvalue weighted by Gasteiger charge is 2.14. The van der Waals surface area contributed by atoms with Crippen LogP contribution in [0.15, 0.2) is 0 Å². The summed E-state index contributed by atoms with van der Waals surface area (Å²) in [4.78, 5) is 0. The van der Waals surface area contributed by atoms with Gasteiger partial charge in [0.2, 0.25) is 0 Å². The fraction of sp³-hybridized carbons (Fsp3) is 1.00. The van der Waals surface area contributed by atoms with Crippen molar-refractivity contribution < 1.29 is 13.5 Å². The predicted octanol–water partition coefficient (Wildman–Crippen LogP) is -0.672. The Labute approximate surface area is 56.2 Å². The molecule has 1 heterocycles. The van der Waals surface area contributed by atoms with E-state index in [9.17, 15) is 8.76 Å². The number of rotatable bonds is 1. The van der Waals surface area contributed by atoms with E-state index in [-0.39, 0.29) is 0 Å². The van der Waals surface area contributed by atoms with E-state index < -0.39 is 11.3 Å². The van der Waals surface area contributed by atoms with Gasteiger partial charge in [-0.05, 0) is 0 Å². The summed E-state index contributed by atoms with van der Waals surface area (Å²) < 4.78 is 26.7. The van der Waals surface area contributed by atoms with Crippen LogP contribution >= 0.6 is 0 Å². The molecule has 1 aliphatic rings. The molecule has 1 fully saturated rings. The first kappa shape index (κ1) is 7.14. The van der Waals surface area contributed by atoms with Crippen LogP contribution in [0.2, 0.25) is 0 Å². The van der Waals surface area contributed by atoms with Crippen molar-refractivity contribution in [2.75, 3.05) is 26.3 Å². The maximum Gasteiger partial charge on any atom is 0.267 e. The zero-order valence-corrected chi connectivity index (χ0v) is 5.73. The summed E-state index contributed by atoms with van der Waals surface area (Å²) in [5.41, 5.74) is 0. The van der Waals surface area contributed by atoms with Crippen LogP contribution in [0.4, 0.5) is 0 Å². The minimum absolute atomic E-state index is 0.496. The third-order valence-electron chi connectivity index (χ3n) is 1.18. The Kier molecular flexibility index (Phi) is 2.59. The van der Waals surface area contributed by atoms with Gasteiger partial charge in [-0.1, -0.05) is 4.55 Å². The second kappa shape index (κ2) is 3.26. The van der Waals surface area contributed by atoms with Crippen LogP contribution in [-0.2, 0) is 20.6 Å². The quantitative estimate of drug-likeness (QED) is 0.497. The van der Waals surface area contributed by atoms with Crippen molar-refractivity contribution in [3.05, 3.63) is 0 Å². The fourth-order valence-electron chi connectivity index (χ4n) is 0.696. The molecule has 1 radical (unpaired) electrons. The molecule has 5 heteroatoms. The third kappa shape index (κ3) is 2.02. The number of nitrogens with zero attached hydrogens (tertiary/aromatic N) is 1. The van der Waals surface area contributed by atoms with E-state index in [1.165, 1.54) is 4.31 Å². The van der Waals surface area contributed by atoms with Gasteiger partial charge >= 0.3 is 0 Å². The summed E-state index contributed by atoms with van der Waals surface area (Å²) in [6, 6.07) is 0. The van der Waals surface area contributed by atoms with E-state index >= 15 is 0 Å². The summed E-state index contributed by atoms with van der Waals surface area (Å²) in [5, 5.41) is 0. The van der Waals surface area contributed by atoms with Crippen molar-refractivity contribution in [1.82, 2.24) is 4.31 Å². The zero-order valence-electron chi connectivity index (χ0n) is 4.91. The minimum Gasteiger partial charge on any atom is -0.379 e. The minimum atomic E-state index is -2.05. The summed E-state index contributed by atoms with van der Waals surface area (Å²) in [6.07, 6.45) is 0. The molecule has 0 bridgehead atoms. The summed E-state index contributed by atoms with van der Waals surface area (Å²) >= 11 is -2.05. The van der Waals surface area contributed by atoms with Crippen LogP contribution < -0.4 is 0 Å². The predicted molar refractivity (Wildman–Crippen MR) is 31.2 cm³/mol. The highest BCUT2D eigenvalue weighted by atomic mass is 32.2. The Morgan fingerprint density at radius 1 is 1.33 bits per heavy atom. The summed E-state index contributed by atoms with van der Waals surface area (Å²) in [7, 11) is 0. The molecule has 0 aromatic carbocycles. The maximum atomic E-state index is 10.2. The molecule has 9 heavy (non-hydrogen) atoms. The second-order valence-corrected chi connectivity index (χ2v) is 2.71. The van der Waals surface area contributed by atoms with Gasteiger partial charge in [-0.15, -0.1) is 0 Å². The first-order valence-corrected chi connectivity index (χ1v) is 3.76. The van der Waals surface area contributed by atoms with E-state index in [2.05, 4.69) is 0 Å². The second-order valence-electron chi connectivity index (χ2n) is 1.76. The monoisotopic (exact) mass is 150 g/mol. The van der Waals surface area contributed by atoms with Gasteiger partial charge in [0, 0.05) is 13.1 Å². The van der Waals surface area contributed by atoms with Crippen LogP contribution in [0.5, 0.6) is 0 Å². The molecule has 1 aliphatic heterocycles. The lowest BCUT2D eigenvalue weighted by atomic mass is 10.5. The van der Waals surface area contributed by atoms with Gasteiger partial charge in [-0.3, -0.25) is 0 Å². The Balaban J connectivity index is 2.31. The molecule has 4 nitrogen and oxygen atoms in total. The molecule has 1 atom stereocenters. The molecule has 0 saturated carbocycles. The van der Waals surface area contributed by atoms with Crippen LogP contribution in [0.1, 0.15) is 0 Å². The normalized spacial score (nSPS) is 25.9. The molecule has 0 aromatic rings. The van der Waals surface area contributed by atoms with Gasteiger partial charge in [-0.25, -0.2) is 4.21 Å². The van der Waals surface area contributed by atoms with Crippen molar-refractivity contribution >= 4 is 11.3 Å². The lowest BCUT2D eigenvalue weighted by Gasteiger charge is -2.20. The number of hydrogen-bond donors (Lipinski definition) is 0. The molecule has 53 valence electrons. The molecule has 1 rings (SSSR count). The fourth-order valence-corrected chi connectivity index (χ4v) is 1.14. The van der Waals surface area contributed by atoms with E-state index in [4.69, 9.17) is 4.74 Å². The molecular formula is C4H8NO3S. The standard InChI is InChI=1S/C4H8NO3S/c6-9(7)5-1-3-8-4-2-5/h1-4H2. The Bertz CT molecular complexity index is 112. The molecule has 1 saturated heterocycles. The van der Waals surface area contributed by atoms with Crippen molar-refractivity contribution in [3.63, 3.8) is 0 Å². The average Bonchev–Trinajstić information content (AvgIpc) is 1.90. The van der Waals surface area contributed by atoms with E-state index in [0.717, 1.165) is 0 Å². The largest absolute Gasteiger partial charge is 0.379 e. The Morgan fingerprint density at radius 3 is 2.22 bits per heavy atom. The highest BCUT2D eigenvalue weighted by molar-refractivity contribution is 7.76. The molecule has 0 N–H and O–H groups in total. The van der Waals surface area contributed by atoms with Crippen LogP contribution in [-0.4, -0.2) is 34.8 Å². The van der Waals surface area contributed by atoms with Crippen molar-refractivity contribution in [2.45, 2.75) is 0 Å². The SMILES string of the molecule is [O]S(=O)N1CCOCC1. The highest BCUT2D eigenvalue weighted by Crippen LogP contribution is 1.97. The molecule has 1 unspecified atom stereocenters. The lowest BCUT2D eigenvalue weighted by Crippen LogP contribution is -2.36. The van der Waals surface area contributed by atoms with E-state index in [1.54, 1.807) is 0 Å². The van der Waals surface area contributed by atoms with Crippen molar-refractivity contribution in [3.8, 4) is 0 Å². The van der Waals surface area contributed by atoms with E-state index in [1.807, 2.05) is 0 Å². The smallest absolute Gasteiger partial charge is 0.267 e. The summed E-state index contributed by atoms with van der Waals surface area (Å²) in [5.74, 6) is 0. The maximum absolute atomic E-state index is 10.2. The van der Waals surface area contributed by atoms with Crippen LogP contribution in [0, 0.1) is 0 Å². The van der Waals surface area contributed by atoms with Crippen LogP contribution in [0.25, 0.3) is 0 Å². The Hall–Kier alpha value is 0.0300. The Morgan fingerprint density at radius 2 is 1.89 bits per heavy atom. The first-order valence-electron chi connectivity index (χ1n) is 2.73. The molecule has 0 aromatic heterocycles. The zero-order chi connectivity index (χ0) is 6.69. The van der Waals surface area contributed by atoms with Gasteiger partial charge in [0.15, 0.2) is 0 Å². The lowest BCUT2D eigenvalue weighted by molar-refractivity contribution is 0.0712. The van der Waals surface area contributed by atoms with Crippen LogP contribution in [0.3, 0.4) is 0 Å². The van der Waals surface area contributed by atoms with E-state index in [0.29, 0.717) is 26.3 Å². The van der Waals surface area contributed by atoms with Gasteiger partial charge in [-0.2, -0.15) is 4.31 Å². The topological polar surface area (TPSA) is 49.4 Å². The van der Waals surface area contributed by atoms with Crippen molar-refractivity contribution in [2.24, 2.45) is 0 Å². The van der Waals surface area contributed by atoms with Gasteiger partial charge in [0.25, 0.3) is 11.3 Å². The number of ether oxygens (including phenoxy) is 1. The average molecular weight is 150 g/mol. The van der Waals surface area contributed by atoms with Gasteiger partial charge in [0.05, 0.1) is 13.2 Å². The third-order valence-corrected chi connectivity index (χ3v) is 1.97. The number of morpholine rings is 1. The molecular weight excluding hydrogens is 142 g/mol. The molecule has 0 amide bonds. The first-order chi connectivity index (χ1) is 4.30. The van der Waals surface area contributed by atoms with Gasteiger partial charge < -0.3 is 4.74 Å². The van der Waals surface area contributed by atoms with Gasteiger partial charge in [0.1, 0.15) is 0 Å². The van der Waals surface area contributed by atoms with Crippen molar-refractivity contribution in [1.29, 1.82) is 0 Å².